The third kappa shape index (κ3) is 2.69. The molecule has 1 aromatic heterocycles. The largest absolute Gasteiger partial charge is 0.370 e. The smallest absolute Gasteiger partial charge is 0.225 e. The number of nitrogens with zero attached hydrogens (tertiary/aromatic N) is 5. The minimum Gasteiger partial charge on any atom is -0.370 e. The number of piperazine rings is 1. The molecule has 0 radical (unpaired) electrons. The lowest BCUT2D eigenvalue weighted by molar-refractivity contribution is 0.278. The van der Waals surface area contributed by atoms with Crippen LogP contribution in [0.1, 0.15) is 19.8 Å². The summed E-state index contributed by atoms with van der Waals surface area (Å²) in [5.41, 5.74) is 6.13. The summed E-state index contributed by atoms with van der Waals surface area (Å²) in [4.78, 5) is 17.6. The highest BCUT2D eigenvalue weighted by molar-refractivity contribution is 5.78. The Kier molecular flexibility index (Phi) is 3.71. The maximum atomic E-state index is 6.13. The molecule has 20 heavy (non-hydrogen) atoms. The number of aromatic nitrogens is 2. The highest BCUT2D eigenvalue weighted by Crippen LogP contribution is 2.29. The summed E-state index contributed by atoms with van der Waals surface area (Å²) in [7, 11) is 0. The number of nitrogens with two attached hydrogens (primary N) is 1. The number of hydrogen-bond acceptors (Lipinski definition) is 4. The standard InChI is InChI=1S/C14H22N6/c1-11-3-4-12(11)18-13(15)19-7-9-20(10-8-19)14-16-5-2-6-17-14/h2,5-6,11-12H,3-4,7-10H2,1H3,(H2,15,18). The maximum Gasteiger partial charge on any atom is 0.225 e. The van der Waals surface area contributed by atoms with Crippen LogP contribution in [0.5, 0.6) is 0 Å². The van der Waals surface area contributed by atoms with E-state index in [1.165, 1.54) is 12.8 Å². The van der Waals surface area contributed by atoms with Crippen LogP contribution in [0.25, 0.3) is 0 Å². The van der Waals surface area contributed by atoms with Crippen molar-refractivity contribution in [1.82, 2.24) is 14.9 Å². The van der Waals surface area contributed by atoms with Crippen LogP contribution in [0.2, 0.25) is 0 Å². The van der Waals surface area contributed by atoms with Crippen molar-refractivity contribution in [1.29, 1.82) is 0 Å². The first-order valence-electron chi connectivity index (χ1n) is 7.34. The van der Waals surface area contributed by atoms with E-state index in [-0.39, 0.29) is 0 Å². The molecule has 0 spiro atoms. The zero-order valence-electron chi connectivity index (χ0n) is 11.9. The van der Waals surface area contributed by atoms with Crippen molar-refractivity contribution in [3.8, 4) is 0 Å². The van der Waals surface area contributed by atoms with Gasteiger partial charge in [-0.25, -0.2) is 15.0 Å². The monoisotopic (exact) mass is 274 g/mol. The summed E-state index contributed by atoms with van der Waals surface area (Å²) < 4.78 is 0. The Labute approximate surface area is 119 Å². The molecule has 2 heterocycles. The van der Waals surface area contributed by atoms with Gasteiger partial charge < -0.3 is 15.5 Å². The van der Waals surface area contributed by atoms with E-state index in [2.05, 4.69) is 31.7 Å². The van der Waals surface area contributed by atoms with E-state index in [1.807, 2.05) is 6.07 Å². The van der Waals surface area contributed by atoms with Gasteiger partial charge in [-0.05, 0) is 24.8 Å². The number of rotatable bonds is 2. The average molecular weight is 274 g/mol. The minimum atomic E-state index is 0.436. The van der Waals surface area contributed by atoms with Crippen LogP contribution in [0.15, 0.2) is 23.5 Å². The zero-order chi connectivity index (χ0) is 13.9. The number of hydrogen-bond donors (Lipinski definition) is 1. The first-order valence-corrected chi connectivity index (χ1v) is 7.34. The van der Waals surface area contributed by atoms with Crippen molar-refractivity contribution in [3.63, 3.8) is 0 Å². The number of anilines is 1. The normalized spacial score (nSPS) is 27.4. The van der Waals surface area contributed by atoms with Crippen LogP contribution in [0.4, 0.5) is 5.95 Å². The van der Waals surface area contributed by atoms with Crippen molar-refractivity contribution in [2.45, 2.75) is 25.8 Å². The fourth-order valence-electron chi connectivity index (χ4n) is 2.68. The highest BCUT2D eigenvalue weighted by atomic mass is 15.4. The fraction of sp³-hybridized carbons (Fsp3) is 0.643. The molecule has 0 amide bonds. The van der Waals surface area contributed by atoms with Crippen LogP contribution >= 0.6 is 0 Å². The summed E-state index contributed by atoms with van der Waals surface area (Å²) in [5, 5.41) is 0. The lowest BCUT2D eigenvalue weighted by atomic mass is 9.82. The van der Waals surface area contributed by atoms with Gasteiger partial charge in [0.05, 0.1) is 6.04 Å². The Morgan fingerprint density at radius 1 is 1.20 bits per heavy atom. The molecule has 1 aliphatic carbocycles. The molecule has 2 unspecified atom stereocenters. The summed E-state index contributed by atoms with van der Waals surface area (Å²) >= 11 is 0. The van der Waals surface area contributed by atoms with Crippen molar-refractivity contribution >= 4 is 11.9 Å². The lowest BCUT2D eigenvalue weighted by Gasteiger charge is -2.37. The molecule has 3 rings (SSSR count). The molecule has 108 valence electrons. The van der Waals surface area contributed by atoms with Crippen molar-refractivity contribution in [2.75, 3.05) is 31.1 Å². The molecule has 2 fully saturated rings. The number of aliphatic imine (C=N–C) groups is 1. The molecule has 0 aromatic carbocycles. The number of guanidine groups is 1. The quantitative estimate of drug-likeness (QED) is 0.635. The molecule has 2 N–H and O–H groups in total. The predicted octanol–water partition coefficient (Wildman–Crippen LogP) is 0.712. The Bertz CT molecular complexity index is 466. The highest BCUT2D eigenvalue weighted by Gasteiger charge is 2.27. The van der Waals surface area contributed by atoms with Crippen molar-refractivity contribution in [3.05, 3.63) is 18.5 Å². The second kappa shape index (κ2) is 5.64. The molecule has 0 bridgehead atoms. The predicted molar refractivity (Wildman–Crippen MR) is 79.6 cm³/mol. The molecule has 1 aromatic rings. The van der Waals surface area contributed by atoms with Gasteiger partial charge in [-0.15, -0.1) is 0 Å². The molecule has 1 aliphatic heterocycles. The van der Waals surface area contributed by atoms with Crippen molar-refractivity contribution < 1.29 is 0 Å². The van der Waals surface area contributed by atoms with E-state index in [1.54, 1.807) is 12.4 Å². The van der Waals surface area contributed by atoms with Crippen molar-refractivity contribution in [2.24, 2.45) is 16.6 Å². The summed E-state index contributed by atoms with van der Waals surface area (Å²) in [6.45, 7) is 5.79. The Balaban J connectivity index is 1.56. The second-order valence-corrected chi connectivity index (χ2v) is 5.63. The minimum absolute atomic E-state index is 0.436. The van der Waals surface area contributed by atoms with Gasteiger partial charge in [0, 0.05) is 38.6 Å². The third-order valence-electron chi connectivity index (χ3n) is 4.31. The molecule has 6 heteroatoms. The van der Waals surface area contributed by atoms with Crippen LogP contribution in [-0.4, -0.2) is 53.0 Å². The third-order valence-corrected chi connectivity index (χ3v) is 4.31. The van der Waals surface area contributed by atoms with E-state index in [4.69, 9.17) is 5.73 Å². The fourth-order valence-corrected chi connectivity index (χ4v) is 2.68. The molecular formula is C14H22N6. The van der Waals surface area contributed by atoms with Crippen LogP contribution in [0, 0.1) is 5.92 Å². The molecule has 2 atom stereocenters. The topological polar surface area (TPSA) is 70.6 Å². The summed E-state index contributed by atoms with van der Waals surface area (Å²) in [5.74, 6) is 2.19. The second-order valence-electron chi connectivity index (χ2n) is 5.63. The Hall–Kier alpha value is -1.85. The van der Waals surface area contributed by atoms with Gasteiger partial charge in [-0.2, -0.15) is 0 Å². The SMILES string of the molecule is CC1CCC1N=C(N)N1CCN(c2ncccn2)CC1. The van der Waals surface area contributed by atoms with Crippen LogP contribution in [0.3, 0.4) is 0 Å². The lowest BCUT2D eigenvalue weighted by Crippen LogP contribution is -2.52. The Morgan fingerprint density at radius 2 is 1.90 bits per heavy atom. The van der Waals surface area contributed by atoms with Gasteiger partial charge in [0.1, 0.15) is 0 Å². The first kappa shape index (κ1) is 13.1. The Morgan fingerprint density at radius 3 is 2.45 bits per heavy atom. The average Bonchev–Trinajstić information content (AvgIpc) is 2.52. The molecule has 1 saturated heterocycles. The van der Waals surface area contributed by atoms with E-state index >= 15 is 0 Å². The van der Waals surface area contributed by atoms with Crippen LogP contribution in [-0.2, 0) is 0 Å². The molecular weight excluding hydrogens is 252 g/mol. The first-order chi connectivity index (χ1) is 9.74. The van der Waals surface area contributed by atoms with Gasteiger partial charge in [0.25, 0.3) is 0 Å². The maximum absolute atomic E-state index is 6.13. The van der Waals surface area contributed by atoms with Crippen LogP contribution < -0.4 is 10.6 Å². The molecule has 1 saturated carbocycles. The molecule has 6 nitrogen and oxygen atoms in total. The van der Waals surface area contributed by atoms with E-state index in [0.717, 1.165) is 32.1 Å². The van der Waals surface area contributed by atoms with Gasteiger partial charge in [0.15, 0.2) is 5.96 Å². The zero-order valence-corrected chi connectivity index (χ0v) is 11.9. The van der Waals surface area contributed by atoms with E-state index < -0.39 is 0 Å². The van der Waals surface area contributed by atoms with E-state index in [0.29, 0.717) is 17.9 Å². The van der Waals surface area contributed by atoms with Gasteiger partial charge >= 0.3 is 0 Å². The van der Waals surface area contributed by atoms with Gasteiger partial charge in [-0.3, -0.25) is 0 Å². The summed E-state index contributed by atoms with van der Waals surface area (Å²) in [6, 6.07) is 2.27. The molecule has 2 aliphatic rings. The van der Waals surface area contributed by atoms with E-state index in [9.17, 15) is 0 Å². The van der Waals surface area contributed by atoms with Gasteiger partial charge in [-0.1, -0.05) is 6.92 Å². The van der Waals surface area contributed by atoms with Gasteiger partial charge in [0.2, 0.25) is 5.95 Å². The summed E-state index contributed by atoms with van der Waals surface area (Å²) in [6.07, 6.45) is 6.02.